The van der Waals surface area contributed by atoms with Gasteiger partial charge in [0.15, 0.2) is 0 Å². The van der Waals surface area contributed by atoms with E-state index >= 15 is 0 Å². The first-order valence-corrected chi connectivity index (χ1v) is 11.0. The van der Waals surface area contributed by atoms with Gasteiger partial charge in [-0.3, -0.25) is 0 Å². The maximum Gasteiger partial charge on any atom is 0.246 e. The van der Waals surface area contributed by atoms with Gasteiger partial charge in [-0.1, -0.05) is 17.7 Å². The van der Waals surface area contributed by atoms with Gasteiger partial charge in [0.05, 0.1) is 17.1 Å². The van der Waals surface area contributed by atoms with E-state index in [0.29, 0.717) is 48.4 Å². The number of hydrogen-bond acceptors (Lipinski definition) is 6. The molecule has 0 aliphatic carbocycles. The van der Waals surface area contributed by atoms with Gasteiger partial charge in [-0.05, 0) is 39.0 Å². The topological polar surface area (TPSA) is 84.2 Å². The highest BCUT2D eigenvalue weighted by atomic mass is 32.2. The van der Waals surface area contributed by atoms with E-state index in [0.717, 1.165) is 11.3 Å². The van der Waals surface area contributed by atoms with E-state index in [-0.39, 0.29) is 0 Å². The fraction of sp³-hybridized carbons (Fsp3) is 0.350. The molecule has 3 heterocycles. The Labute approximate surface area is 170 Å². The van der Waals surface area contributed by atoms with Crippen molar-refractivity contribution >= 4 is 16.0 Å². The van der Waals surface area contributed by atoms with Gasteiger partial charge < -0.3 is 4.90 Å². The summed E-state index contributed by atoms with van der Waals surface area (Å²) in [7, 11) is -3.64. The minimum Gasteiger partial charge on any atom is -0.338 e. The summed E-state index contributed by atoms with van der Waals surface area (Å²) in [6, 6.07) is 9.64. The molecular formula is C20H24N6O2S. The summed E-state index contributed by atoms with van der Waals surface area (Å²) in [5.74, 6) is 0.629. The van der Waals surface area contributed by atoms with Gasteiger partial charge in [-0.25, -0.2) is 23.1 Å². The molecule has 1 aliphatic heterocycles. The second-order valence-electron chi connectivity index (χ2n) is 7.19. The molecule has 9 heteroatoms. The van der Waals surface area contributed by atoms with Crippen LogP contribution >= 0.6 is 0 Å². The Morgan fingerprint density at radius 2 is 1.52 bits per heavy atom. The molecule has 0 unspecified atom stereocenters. The van der Waals surface area contributed by atoms with Crippen LogP contribution in [0.25, 0.3) is 5.69 Å². The molecule has 152 valence electrons. The molecule has 29 heavy (non-hydrogen) atoms. The maximum absolute atomic E-state index is 13.4. The number of aromatic nitrogens is 4. The van der Waals surface area contributed by atoms with Crippen LogP contribution in [0.4, 0.5) is 5.95 Å². The van der Waals surface area contributed by atoms with E-state index in [1.54, 1.807) is 37.0 Å². The summed E-state index contributed by atoms with van der Waals surface area (Å²) in [6.45, 7) is 7.44. The average Bonchev–Trinajstić information content (AvgIpc) is 3.04. The van der Waals surface area contributed by atoms with Crippen LogP contribution in [0.1, 0.15) is 17.0 Å². The summed E-state index contributed by atoms with van der Waals surface area (Å²) in [5.41, 5.74) is 3.13. The summed E-state index contributed by atoms with van der Waals surface area (Å²) in [5, 5.41) is 4.51. The van der Waals surface area contributed by atoms with Gasteiger partial charge in [-0.15, -0.1) is 0 Å². The fourth-order valence-corrected chi connectivity index (χ4v) is 5.43. The molecule has 0 amide bonds. The summed E-state index contributed by atoms with van der Waals surface area (Å²) >= 11 is 0. The second kappa shape index (κ2) is 7.57. The van der Waals surface area contributed by atoms with E-state index < -0.39 is 10.0 Å². The van der Waals surface area contributed by atoms with E-state index in [1.807, 2.05) is 36.1 Å². The molecule has 1 saturated heterocycles. The van der Waals surface area contributed by atoms with Crippen LogP contribution in [0.2, 0.25) is 0 Å². The van der Waals surface area contributed by atoms with Crippen molar-refractivity contribution in [2.24, 2.45) is 0 Å². The number of aryl methyl sites for hydroxylation is 2. The van der Waals surface area contributed by atoms with Crippen molar-refractivity contribution in [1.82, 2.24) is 24.1 Å². The normalized spacial score (nSPS) is 15.6. The summed E-state index contributed by atoms with van der Waals surface area (Å²) in [4.78, 5) is 10.8. The highest BCUT2D eigenvalue weighted by Crippen LogP contribution is 2.27. The van der Waals surface area contributed by atoms with Crippen molar-refractivity contribution < 1.29 is 8.42 Å². The summed E-state index contributed by atoms with van der Waals surface area (Å²) in [6.07, 6.45) is 3.38. The van der Waals surface area contributed by atoms with Gasteiger partial charge in [-0.2, -0.15) is 9.40 Å². The molecule has 0 radical (unpaired) electrons. The monoisotopic (exact) mass is 412 g/mol. The second-order valence-corrected chi connectivity index (χ2v) is 9.06. The third-order valence-corrected chi connectivity index (χ3v) is 7.33. The zero-order valence-corrected chi connectivity index (χ0v) is 17.6. The predicted molar refractivity (Wildman–Crippen MR) is 111 cm³/mol. The van der Waals surface area contributed by atoms with Crippen molar-refractivity contribution in [3.8, 4) is 5.69 Å². The average molecular weight is 413 g/mol. The van der Waals surface area contributed by atoms with Crippen molar-refractivity contribution in [2.75, 3.05) is 31.1 Å². The smallest absolute Gasteiger partial charge is 0.246 e. The Balaban J connectivity index is 1.59. The highest BCUT2D eigenvalue weighted by Gasteiger charge is 2.33. The number of sulfonamides is 1. The van der Waals surface area contributed by atoms with Crippen molar-refractivity contribution in [2.45, 2.75) is 25.7 Å². The number of nitrogens with zero attached hydrogens (tertiary/aromatic N) is 6. The number of piperazine rings is 1. The first-order chi connectivity index (χ1) is 13.9. The minimum atomic E-state index is -3.64. The van der Waals surface area contributed by atoms with E-state index in [9.17, 15) is 8.42 Å². The summed E-state index contributed by atoms with van der Waals surface area (Å²) < 4.78 is 30.0. The van der Waals surface area contributed by atoms with E-state index in [4.69, 9.17) is 0 Å². The molecule has 0 bridgehead atoms. The standard InChI is InChI=1S/C20H24N6O2S/c1-15-5-7-18(8-6-15)26-17(3)19(16(2)23-26)29(27,28)25-13-11-24(12-14-25)20-21-9-4-10-22-20/h4-10H,11-14H2,1-3H3. The predicted octanol–water partition coefficient (Wildman–Crippen LogP) is 2.10. The zero-order chi connectivity index (χ0) is 20.6. The quantitative estimate of drug-likeness (QED) is 0.653. The zero-order valence-electron chi connectivity index (χ0n) is 16.8. The minimum absolute atomic E-state index is 0.294. The Morgan fingerprint density at radius 1 is 0.897 bits per heavy atom. The Morgan fingerprint density at radius 3 is 2.14 bits per heavy atom. The molecule has 4 rings (SSSR count). The molecule has 3 aromatic rings. The van der Waals surface area contributed by atoms with Gasteiger partial charge in [0.1, 0.15) is 4.90 Å². The molecule has 1 aromatic carbocycles. The van der Waals surface area contributed by atoms with Gasteiger partial charge in [0.25, 0.3) is 0 Å². The van der Waals surface area contributed by atoms with E-state index in [2.05, 4.69) is 15.1 Å². The van der Waals surface area contributed by atoms with Crippen molar-refractivity contribution in [1.29, 1.82) is 0 Å². The van der Waals surface area contributed by atoms with Crippen LogP contribution < -0.4 is 4.90 Å². The molecule has 0 atom stereocenters. The number of rotatable bonds is 4. The lowest BCUT2D eigenvalue weighted by Gasteiger charge is -2.33. The molecule has 1 aliphatic rings. The molecule has 8 nitrogen and oxygen atoms in total. The Kier molecular flexibility index (Phi) is 5.10. The highest BCUT2D eigenvalue weighted by molar-refractivity contribution is 7.89. The Hall–Kier alpha value is -2.78. The van der Waals surface area contributed by atoms with Gasteiger partial charge in [0, 0.05) is 38.6 Å². The molecule has 0 saturated carbocycles. The van der Waals surface area contributed by atoms with Crippen molar-refractivity contribution in [3.05, 3.63) is 59.7 Å². The molecular weight excluding hydrogens is 388 g/mol. The number of anilines is 1. The Bertz CT molecular complexity index is 1100. The number of hydrogen-bond donors (Lipinski definition) is 0. The van der Waals surface area contributed by atoms with Crippen molar-refractivity contribution in [3.63, 3.8) is 0 Å². The molecule has 0 spiro atoms. The lowest BCUT2D eigenvalue weighted by molar-refractivity contribution is 0.382. The van der Waals surface area contributed by atoms with Crippen LogP contribution in [0.5, 0.6) is 0 Å². The lowest BCUT2D eigenvalue weighted by atomic mass is 10.2. The molecule has 0 N–H and O–H groups in total. The largest absolute Gasteiger partial charge is 0.338 e. The third-order valence-electron chi connectivity index (χ3n) is 5.17. The van der Waals surface area contributed by atoms with Crippen LogP contribution in [0, 0.1) is 20.8 Å². The molecule has 2 aromatic heterocycles. The van der Waals surface area contributed by atoms with Gasteiger partial charge in [0.2, 0.25) is 16.0 Å². The maximum atomic E-state index is 13.4. The fourth-order valence-electron chi connectivity index (χ4n) is 3.65. The lowest BCUT2D eigenvalue weighted by Crippen LogP contribution is -2.49. The van der Waals surface area contributed by atoms with E-state index in [1.165, 1.54) is 4.31 Å². The first-order valence-electron chi connectivity index (χ1n) is 9.53. The van der Waals surface area contributed by atoms with Gasteiger partial charge >= 0.3 is 0 Å². The first kappa shape index (κ1) is 19.5. The van der Waals surface area contributed by atoms with Crippen LogP contribution in [-0.2, 0) is 10.0 Å². The van der Waals surface area contributed by atoms with Crippen LogP contribution in [-0.4, -0.2) is 58.7 Å². The SMILES string of the molecule is Cc1ccc(-n2nc(C)c(S(=O)(=O)N3CCN(c4ncccn4)CC3)c2C)cc1. The molecule has 1 fully saturated rings. The van der Waals surface area contributed by atoms with Crippen LogP contribution in [0.15, 0.2) is 47.6 Å². The van der Waals surface area contributed by atoms with Crippen LogP contribution in [0.3, 0.4) is 0 Å². The number of benzene rings is 1. The third kappa shape index (κ3) is 3.63.